The van der Waals surface area contributed by atoms with Gasteiger partial charge in [-0.3, -0.25) is 4.68 Å². The molecule has 2 nitrogen and oxygen atoms in total. The Bertz CT molecular complexity index is 500. The van der Waals surface area contributed by atoms with Gasteiger partial charge >= 0.3 is 0 Å². The summed E-state index contributed by atoms with van der Waals surface area (Å²) in [5.41, 5.74) is 3.57. The number of halogens is 1. The first-order valence-corrected chi connectivity index (χ1v) is 4.84. The first kappa shape index (κ1) is 9.90. The van der Waals surface area contributed by atoms with E-state index in [0.29, 0.717) is 5.56 Å². The third-order valence-electron chi connectivity index (χ3n) is 2.72. The highest BCUT2D eigenvalue weighted by atomic mass is 19.1. The molecule has 0 atom stereocenters. The maximum Gasteiger partial charge on any atom is 0.126 e. The van der Waals surface area contributed by atoms with Gasteiger partial charge in [0, 0.05) is 18.3 Å². The molecule has 0 aliphatic heterocycles. The first-order valence-electron chi connectivity index (χ1n) is 4.84. The van der Waals surface area contributed by atoms with E-state index in [1.165, 1.54) is 0 Å². The fourth-order valence-electron chi connectivity index (χ4n) is 1.54. The molecule has 3 heteroatoms. The zero-order chi connectivity index (χ0) is 11.0. The Morgan fingerprint density at radius 1 is 1.27 bits per heavy atom. The maximum atomic E-state index is 13.4. The summed E-state index contributed by atoms with van der Waals surface area (Å²) in [4.78, 5) is 0. The van der Waals surface area contributed by atoms with Gasteiger partial charge in [-0.1, -0.05) is 12.1 Å². The van der Waals surface area contributed by atoms with Crippen molar-refractivity contribution in [3.63, 3.8) is 0 Å². The van der Waals surface area contributed by atoms with Crippen LogP contribution in [0.5, 0.6) is 0 Å². The predicted octanol–water partition coefficient (Wildman–Crippen LogP) is 2.84. The average molecular weight is 204 g/mol. The minimum Gasteiger partial charge on any atom is -0.272 e. The van der Waals surface area contributed by atoms with Crippen molar-refractivity contribution < 1.29 is 4.39 Å². The second-order valence-corrected chi connectivity index (χ2v) is 3.73. The number of rotatable bonds is 1. The third-order valence-corrected chi connectivity index (χ3v) is 2.72. The SMILES string of the molecule is Cc1ccc(-c2cnn(C)c2C)cc1F. The topological polar surface area (TPSA) is 17.8 Å². The lowest BCUT2D eigenvalue weighted by Crippen LogP contribution is -1.92. The Morgan fingerprint density at radius 3 is 2.53 bits per heavy atom. The van der Waals surface area contributed by atoms with Gasteiger partial charge < -0.3 is 0 Å². The fourth-order valence-corrected chi connectivity index (χ4v) is 1.54. The lowest BCUT2D eigenvalue weighted by Gasteiger charge is -2.02. The average Bonchev–Trinajstić information content (AvgIpc) is 2.53. The highest BCUT2D eigenvalue weighted by Gasteiger charge is 2.07. The summed E-state index contributed by atoms with van der Waals surface area (Å²) in [5, 5.41) is 4.14. The van der Waals surface area contributed by atoms with Crippen LogP contribution in [0, 0.1) is 19.7 Å². The van der Waals surface area contributed by atoms with E-state index in [2.05, 4.69) is 5.10 Å². The smallest absolute Gasteiger partial charge is 0.126 e. The second kappa shape index (κ2) is 3.50. The number of hydrogen-bond donors (Lipinski definition) is 0. The van der Waals surface area contributed by atoms with Gasteiger partial charge in [0.1, 0.15) is 5.82 Å². The van der Waals surface area contributed by atoms with Crippen LogP contribution >= 0.6 is 0 Å². The molecule has 0 aliphatic rings. The lowest BCUT2D eigenvalue weighted by molar-refractivity contribution is 0.619. The molecule has 0 bridgehead atoms. The summed E-state index contributed by atoms with van der Waals surface area (Å²) in [7, 11) is 1.88. The van der Waals surface area contributed by atoms with Crippen LogP contribution in [0.25, 0.3) is 11.1 Å². The summed E-state index contributed by atoms with van der Waals surface area (Å²) >= 11 is 0. The molecule has 0 amide bonds. The third kappa shape index (κ3) is 1.65. The molecule has 0 N–H and O–H groups in total. The summed E-state index contributed by atoms with van der Waals surface area (Å²) in [6, 6.07) is 5.26. The normalized spacial score (nSPS) is 10.7. The Hall–Kier alpha value is -1.64. The summed E-state index contributed by atoms with van der Waals surface area (Å²) in [5.74, 6) is -0.171. The maximum absolute atomic E-state index is 13.4. The van der Waals surface area contributed by atoms with Gasteiger partial charge in [-0.15, -0.1) is 0 Å². The van der Waals surface area contributed by atoms with Crippen LogP contribution in [0.3, 0.4) is 0 Å². The van der Waals surface area contributed by atoms with Crippen LogP contribution in [0.2, 0.25) is 0 Å². The van der Waals surface area contributed by atoms with Crippen LogP contribution < -0.4 is 0 Å². The van der Waals surface area contributed by atoms with Crippen molar-refractivity contribution in [3.05, 3.63) is 41.5 Å². The molecule has 15 heavy (non-hydrogen) atoms. The van der Waals surface area contributed by atoms with Crippen molar-refractivity contribution in [1.29, 1.82) is 0 Å². The Kier molecular flexibility index (Phi) is 2.31. The molecule has 0 fully saturated rings. The minimum atomic E-state index is -0.171. The summed E-state index contributed by atoms with van der Waals surface area (Å²) in [6.45, 7) is 3.73. The van der Waals surface area contributed by atoms with Crippen molar-refractivity contribution >= 4 is 0 Å². The molecule has 0 saturated carbocycles. The van der Waals surface area contributed by atoms with Gasteiger partial charge in [-0.2, -0.15) is 5.10 Å². The molecular weight excluding hydrogens is 191 g/mol. The molecule has 2 rings (SSSR count). The van der Waals surface area contributed by atoms with E-state index in [1.807, 2.05) is 20.0 Å². The molecule has 1 aromatic heterocycles. The number of benzene rings is 1. The first-order chi connectivity index (χ1) is 7.09. The van der Waals surface area contributed by atoms with Crippen molar-refractivity contribution in [2.45, 2.75) is 13.8 Å². The van der Waals surface area contributed by atoms with Gasteiger partial charge in [-0.05, 0) is 31.0 Å². The number of hydrogen-bond acceptors (Lipinski definition) is 1. The van der Waals surface area contributed by atoms with E-state index >= 15 is 0 Å². The van der Waals surface area contributed by atoms with Gasteiger partial charge in [0.05, 0.1) is 6.20 Å². The number of aryl methyl sites for hydroxylation is 2. The molecule has 0 saturated heterocycles. The van der Waals surface area contributed by atoms with Gasteiger partial charge in [0.15, 0.2) is 0 Å². The van der Waals surface area contributed by atoms with Crippen LogP contribution in [0.15, 0.2) is 24.4 Å². The minimum absolute atomic E-state index is 0.171. The number of nitrogens with zero attached hydrogens (tertiary/aromatic N) is 2. The van der Waals surface area contributed by atoms with Crippen molar-refractivity contribution in [2.24, 2.45) is 7.05 Å². The molecule has 2 aromatic rings. The zero-order valence-corrected chi connectivity index (χ0v) is 9.08. The summed E-state index contributed by atoms with van der Waals surface area (Å²) < 4.78 is 15.2. The quantitative estimate of drug-likeness (QED) is 0.698. The van der Waals surface area contributed by atoms with Crippen LogP contribution in [0.4, 0.5) is 4.39 Å². The second-order valence-electron chi connectivity index (χ2n) is 3.73. The van der Waals surface area contributed by atoms with E-state index in [9.17, 15) is 4.39 Å². The Balaban J connectivity index is 2.55. The molecule has 78 valence electrons. The molecule has 0 radical (unpaired) electrons. The monoisotopic (exact) mass is 204 g/mol. The van der Waals surface area contributed by atoms with Crippen molar-refractivity contribution in [3.8, 4) is 11.1 Å². The van der Waals surface area contributed by atoms with Crippen LogP contribution in [0.1, 0.15) is 11.3 Å². The molecule has 1 aromatic carbocycles. The molecule has 0 spiro atoms. The van der Waals surface area contributed by atoms with E-state index in [0.717, 1.165) is 16.8 Å². The number of aromatic nitrogens is 2. The predicted molar refractivity (Wildman–Crippen MR) is 58.1 cm³/mol. The van der Waals surface area contributed by atoms with E-state index in [-0.39, 0.29) is 5.82 Å². The Labute approximate surface area is 88.4 Å². The van der Waals surface area contributed by atoms with Crippen molar-refractivity contribution in [2.75, 3.05) is 0 Å². The molecule has 0 unspecified atom stereocenters. The fraction of sp³-hybridized carbons (Fsp3) is 0.250. The van der Waals surface area contributed by atoms with E-state index in [4.69, 9.17) is 0 Å². The van der Waals surface area contributed by atoms with Crippen LogP contribution in [-0.2, 0) is 7.05 Å². The largest absolute Gasteiger partial charge is 0.272 e. The summed E-state index contributed by atoms with van der Waals surface area (Å²) in [6.07, 6.45) is 1.76. The molecule has 1 heterocycles. The van der Waals surface area contributed by atoms with E-state index in [1.54, 1.807) is 29.9 Å². The van der Waals surface area contributed by atoms with Crippen molar-refractivity contribution in [1.82, 2.24) is 9.78 Å². The molecular formula is C12H13FN2. The Morgan fingerprint density at radius 2 is 2.00 bits per heavy atom. The zero-order valence-electron chi connectivity index (χ0n) is 9.08. The van der Waals surface area contributed by atoms with Gasteiger partial charge in [0.2, 0.25) is 0 Å². The highest BCUT2D eigenvalue weighted by molar-refractivity contribution is 5.65. The molecule has 0 aliphatic carbocycles. The lowest BCUT2D eigenvalue weighted by atomic mass is 10.0. The standard InChI is InChI=1S/C12H13FN2/c1-8-4-5-10(6-12(8)13)11-7-14-15(3)9(11)2/h4-7H,1-3H3. The van der Waals surface area contributed by atoms with E-state index < -0.39 is 0 Å². The van der Waals surface area contributed by atoms with Gasteiger partial charge in [-0.25, -0.2) is 4.39 Å². The van der Waals surface area contributed by atoms with Gasteiger partial charge in [0.25, 0.3) is 0 Å². The highest BCUT2D eigenvalue weighted by Crippen LogP contribution is 2.24. The van der Waals surface area contributed by atoms with Crippen LogP contribution in [-0.4, -0.2) is 9.78 Å².